The topological polar surface area (TPSA) is 38.3 Å². The zero-order valence-electron chi connectivity index (χ0n) is 12.1. The van der Waals surface area contributed by atoms with E-state index in [4.69, 9.17) is 16.3 Å². The molecule has 0 spiro atoms. The van der Waals surface area contributed by atoms with Crippen LogP contribution in [0.25, 0.3) is 0 Å². The van der Waals surface area contributed by atoms with Crippen LogP contribution in [0.2, 0.25) is 5.02 Å². The molecule has 2 rings (SSSR count). The van der Waals surface area contributed by atoms with Gasteiger partial charge in [-0.25, -0.2) is 4.79 Å². The Morgan fingerprint density at radius 1 is 1.45 bits per heavy atom. The fourth-order valence-corrected chi connectivity index (χ4v) is 3.07. The van der Waals surface area contributed by atoms with Gasteiger partial charge in [-0.1, -0.05) is 37.8 Å². The van der Waals surface area contributed by atoms with Gasteiger partial charge in [0.25, 0.3) is 0 Å². The molecule has 1 aliphatic rings. The minimum Gasteiger partial charge on any atom is -0.465 e. The summed E-state index contributed by atoms with van der Waals surface area (Å²) in [4.78, 5) is 11.6. The van der Waals surface area contributed by atoms with Crippen LogP contribution >= 0.6 is 11.6 Å². The lowest BCUT2D eigenvalue weighted by Crippen LogP contribution is -2.27. The summed E-state index contributed by atoms with van der Waals surface area (Å²) in [5.41, 5.74) is 1.36. The van der Waals surface area contributed by atoms with E-state index in [9.17, 15) is 4.79 Å². The number of nitrogens with one attached hydrogen (secondary N) is 1. The number of anilines is 1. The van der Waals surface area contributed by atoms with Crippen LogP contribution in [0.15, 0.2) is 18.2 Å². The van der Waals surface area contributed by atoms with Gasteiger partial charge in [-0.15, -0.1) is 0 Å². The molecule has 2 unspecified atom stereocenters. The fraction of sp³-hybridized carbons (Fsp3) is 0.562. The second-order valence-corrected chi connectivity index (χ2v) is 5.88. The maximum Gasteiger partial charge on any atom is 0.337 e. The van der Waals surface area contributed by atoms with Gasteiger partial charge < -0.3 is 10.1 Å². The smallest absolute Gasteiger partial charge is 0.337 e. The standard InChI is InChI=1S/C16H22ClNO2/c1-3-11-5-4-6-13(9-11)18-15-10-12(16(19)20-2)7-8-14(15)17/h7-8,10-11,13,18H,3-6,9H2,1-2H3. The molecular formula is C16H22ClNO2. The first-order valence-electron chi connectivity index (χ1n) is 7.28. The molecule has 0 aromatic heterocycles. The van der Waals surface area contributed by atoms with Gasteiger partial charge in [0.05, 0.1) is 23.4 Å². The Morgan fingerprint density at radius 2 is 2.25 bits per heavy atom. The van der Waals surface area contributed by atoms with Gasteiger partial charge in [0.1, 0.15) is 0 Å². The third kappa shape index (κ3) is 3.66. The average molecular weight is 296 g/mol. The molecule has 4 heteroatoms. The number of carbonyl (C=O) groups excluding carboxylic acids is 1. The van der Waals surface area contributed by atoms with Crippen LogP contribution in [0.4, 0.5) is 5.69 Å². The number of ether oxygens (including phenoxy) is 1. The summed E-state index contributed by atoms with van der Waals surface area (Å²) in [5, 5.41) is 4.14. The third-order valence-electron chi connectivity index (χ3n) is 4.11. The van der Waals surface area contributed by atoms with E-state index in [-0.39, 0.29) is 5.97 Å². The number of esters is 1. The molecule has 0 amide bonds. The number of halogens is 1. The van der Waals surface area contributed by atoms with Crippen LogP contribution in [0.3, 0.4) is 0 Å². The Morgan fingerprint density at radius 3 is 2.95 bits per heavy atom. The maximum atomic E-state index is 11.6. The highest BCUT2D eigenvalue weighted by molar-refractivity contribution is 6.33. The molecular weight excluding hydrogens is 274 g/mol. The summed E-state index contributed by atoms with van der Waals surface area (Å²) in [7, 11) is 1.39. The molecule has 0 bridgehead atoms. The molecule has 0 aliphatic heterocycles. The minimum absolute atomic E-state index is 0.334. The van der Waals surface area contributed by atoms with E-state index in [2.05, 4.69) is 12.2 Å². The van der Waals surface area contributed by atoms with Gasteiger partial charge in [0, 0.05) is 6.04 Å². The predicted molar refractivity (Wildman–Crippen MR) is 82.5 cm³/mol. The molecule has 20 heavy (non-hydrogen) atoms. The first kappa shape index (κ1) is 15.2. The second-order valence-electron chi connectivity index (χ2n) is 5.47. The lowest BCUT2D eigenvalue weighted by molar-refractivity contribution is 0.0601. The zero-order valence-corrected chi connectivity index (χ0v) is 12.9. The molecule has 1 saturated carbocycles. The summed E-state index contributed by atoms with van der Waals surface area (Å²) < 4.78 is 4.75. The van der Waals surface area contributed by atoms with Crippen molar-refractivity contribution >= 4 is 23.3 Å². The Hall–Kier alpha value is -1.22. The van der Waals surface area contributed by atoms with Crippen LogP contribution in [0.1, 0.15) is 49.4 Å². The lowest BCUT2D eigenvalue weighted by Gasteiger charge is -2.30. The van der Waals surface area contributed by atoms with E-state index in [0.29, 0.717) is 16.6 Å². The molecule has 0 heterocycles. The van der Waals surface area contributed by atoms with E-state index in [1.807, 2.05) is 0 Å². The van der Waals surface area contributed by atoms with Crippen LogP contribution in [0, 0.1) is 5.92 Å². The second kappa shape index (κ2) is 6.98. The van der Waals surface area contributed by atoms with Gasteiger partial charge >= 0.3 is 5.97 Å². The summed E-state index contributed by atoms with van der Waals surface area (Å²) in [6.07, 6.45) is 6.15. The summed E-state index contributed by atoms with van der Waals surface area (Å²) in [6, 6.07) is 5.66. The highest BCUT2D eigenvalue weighted by Gasteiger charge is 2.21. The quantitative estimate of drug-likeness (QED) is 0.831. The first-order chi connectivity index (χ1) is 9.63. The van der Waals surface area contributed by atoms with E-state index in [0.717, 1.165) is 18.0 Å². The van der Waals surface area contributed by atoms with Crippen molar-refractivity contribution in [2.75, 3.05) is 12.4 Å². The van der Waals surface area contributed by atoms with Crippen molar-refractivity contribution in [1.29, 1.82) is 0 Å². The monoisotopic (exact) mass is 295 g/mol. The molecule has 110 valence electrons. The van der Waals surface area contributed by atoms with Gasteiger partial charge in [-0.2, -0.15) is 0 Å². The molecule has 1 aromatic rings. The predicted octanol–water partition coefficient (Wildman–Crippen LogP) is 4.51. The van der Waals surface area contributed by atoms with E-state index >= 15 is 0 Å². The molecule has 3 nitrogen and oxygen atoms in total. The minimum atomic E-state index is -0.334. The van der Waals surface area contributed by atoms with Crippen molar-refractivity contribution < 1.29 is 9.53 Å². The Balaban J connectivity index is 2.10. The van der Waals surface area contributed by atoms with Crippen molar-refractivity contribution in [1.82, 2.24) is 0 Å². The van der Waals surface area contributed by atoms with Gasteiger partial charge in [0.2, 0.25) is 0 Å². The number of methoxy groups -OCH3 is 1. The van der Waals surface area contributed by atoms with E-state index in [1.165, 1.54) is 32.8 Å². The normalized spacial score (nSPS) is 22.4. The Kier molecular flexibility index (Phi) is 5.30. The van der Waals surface area contributed by atoms with Crippen LogP contribution in [-0.4, -0.2) is 19.1 Å². The number of rotatable bonds is 4. The Labute approximate surface area is 125 Å². The lowest BCUT2D eigenvalue weighted by atomic mass is 9.84. The molecule has 1 N–H and O–H groups in total. The number of carbonyl (C=O) groups is 1. The van der Waals surface area contributed by atoms with Crippen LogP contribution in [-0.2, 0) is 4.74 Å². The zero-order chi connectivity index (χ0) is 14.5. The SMILES string of the molecule is CCC1CCCC(Nc2cc(C(=O)OC)ccc2Cl)C1. The van der Waals surface area contributed by atoms with Gasteiger partial charge in [0.15, 0.2) is 0 Å². The molecule has 1 aromatic carbocycles. The van der Waals surface area contributed by atoms with Gasteiger partial charge in [-0.3, -0.25) is 0 Å². The third-order valence-corrected chi connectivity index (χ3v) is 4.44. The van der Waals surface area contributed by atoms with Crippen LogP contribution in [0.5, 0.6) is 0 Å². The van der Waals surface area contributed by atoms with Crippen molar-refractivity contribution in [2.24, 2.45) is 5.92 Å². The highest BCUT2D eigenvalue weighted by Crippen LogP contribution is 2.31. The summed E-state index contributed by atoms with van der Waals surface area (Å²) in [5.74, 6) is 0.462. The molecule has 0 radical (unpaired) electrons. The maximum absolute atomic E-state index is 11.6. The fourth-order valence-electron chi connectivity index (χ4n) is 2.89. The molecule has 2 atom stereocenters. The van der Waals surface area contributed by atoms with Crippen molar-refractivity contribution in [3.05, 3.63) is 28.8 Å². The van der Waals surface area contributed by atoms with Crippen molar-refractivity contribution in [2.45, 2.75) is 45.1 Å². The van der Waals surface area contributed by atoms with E-state index < -0.39 is 0 Å². The largest absolute Gasteiger partial charge is 0.465 e. The number of benzene rings is 1. The summed E-state index contributed by atoms with van der Waals surface area (Å²) >= 11 is 6.22. The number of hydrogen-bond donors (Lipinski definition) is 1. The number of hydrogen-bond acceptors (Lipinski definition) is 3. The van der Waals surface area contributed by atoms with Gasteiger partial charge in [-0.05, 0) is 37.0 Å². The van der Waals surface area contributed by atoms with E-state index in [1.54, 1.807) is 18.2 Å². The Bertz CT molecular complexity index is 476. The molecule has 1 aliphatic carbocycles. The highest BCUT2D eigenvalue weighted by atomic mass is 35.5. The molecule has 0 saturated heterocycles. The van der Waals surface area contributed by atoms with Crippen LogP contribution < -0.4 is 5.32 Å². The van der Waals surface area contributed by atoms with Crippen molar-refractivity contribution in [3.63, 3.8) is 0 Å². The average Bonchev–Trinajstić information content (AvgIpc) is 2.49. The molecule has 1 fully saturated rings. The van der Waals surface area contributed by atoms with Crippen molar-refractivity contribution in [3.8, 4) is 0 Å². The first-order valence-corrected chi connectivity index (χ1v) is 7.66. The summed E-state index contributed by atoms with van der Waals surface area (Å²) in [6.45, 7) is 2.25.